The number of hydrogen-bond acceptors (Lipinski definition) is 4. The van der Waals surface area contributed by atoms with Gasteiger partial charge in [-0.05, 0) is 24.1 Å². The standard InChI is InChI=1S/C14H14ClN3O2S/c15-10-3-1-9(2-4-10)12-11(5-7-20-12)17-13(19)18-14-16-6-8-21-14/h1-4,6,8,11-12H,5,7H2,(H2,16,17,18,19). The minimum absolute atomic E-state index is 0.0638. The number of ether oxygens (including phenoxy) is 1. The van der Waals surface area contributed by atoms with E-state index in [9.17, 15) is 4.79 Å². The molecule has 1 fully saturated rings. The Morgan fingerprint density at radius 3 is 2.90 bits per heavy atom. The fourth-order valence-corrected chi connectivity index (χ4v) is 2.96. The van der Waals surface area contributed by atoms with Gasteiger partial charge in [-0.15, -0.1) is 11.3 Å². The maximum Gasteiger partial charge on any atom is 0.321 e. The first-order chi connectivity index (χ1) is 10.2. The lowest BCUT2D eigenvalue weighted by molar-refractivity contribution is 0.100. The molecule has 0 aliphatic carbocycles. The molecule has 3 rings (SSSR count). The number of thiazole rings is 1. The number of nitrogens with zero attached hydrogens (tertiary/aromatic N) is 1. The highest BCUT2D eigenvalue weighted by Crippen LogP contribution is 2.30. The van der Waals surface area contributed by atoms with Crippen LogP contribution in [-0.2, 0) is 4.74 Å². The Morgan fingerprint density at radius 2 is 2.19 bits per heavy atom. The van der Waals surface area contributed by atoms with Gasteiger partial charge in [0.25, 0.3) is 0 Å². The lowest BCUT2D eigenvalue weighted by Gasteiger charge is -2.20. The number of urea groups is 1. The zero-order valence-electron chi connectivity index (χ0n) is 11.1. The molecule has 1 aromatic carbocycles. The van der Waals surface area contributed by atoms with Crippen molar-refractivity contribution in [3.63, 3.8) is 0 Å². The van der Waals surface area contributed by atoms with Crippen molar-refractivity contribution < 1.29 is 9.53 Å². The van der Waals surface area contributed by atoms with Gasteiger partial charge < -0.3 is 10.1 Å². The summed E-state index contributed by atoms with van der Waals surface area (Å²) in [5, 5.41) is 8.72. The molecular weight excluding hydrogens is 310 g/mol. The molecule has 0 saturated carbocycles. The third-order valence-corrected chi connectivity index (χ3v) is 4.20. The van der Waals surface area contributed by atoms with Gasteiger partial charge in [0.1, 0.15) is 6.10 Å². The molecule has 0 radical (unpaired) electrons. The van der Waals surface area contributed by atoms with Crippen LogP contribution in [0, 0.1) is 0 Å². The van der Waals surface area contributed by atoms with E-state index in [-0.39, 0.29) is 18.2 Å². The van der Waals surface area contributed by atoms with Gasteiger partial charge in [0.15, 0.2) is 5.13 Å². The van der Waals surface area contributed by atoms with Gasteiger partial charge in [0.05, 0.1) is 6.04 Å². The van der Waals surface area contributed by atoms with Crippen LogP contribution in [0.2, 0.25) is 5.02 Å². The lowest BCUT2D eigenvalue weighted by atomic mass is 10.0. The summed E-state index contributed by atoms with van der Waals surface area (Å²) in [5.41, 5.74) is 1.01. The van der Waals surface area contributed by atoms with Crippen LogP contribution in [-0.4, -0.2) is 23.7 Å². The average molecular weight is 324 g/mol. The van der Waals surface area contributed by atoms with Gasteiger partial charge in [-0.1, -0.05) is 23.7 Å². The fraction of sp³-hybridized carbons (Fsp3) is 0.286. The van der Waals surface area contributed by atoms with Gasteiger partial charge in [0.2, 0.25) is 0 Å². The second kappa shape index (κ2) is 6.43. The van der Waals surface area contributed by atoms with Crippen molar-refractivity contribution >= 4 is 34.1 Å². The van der Waals surface area contributed by atoms with Crippen LogP contribution in [0.15, 0.2) is 35.8 Å². The molecule has 1 aliphatic heterocycles. The van der Waals surface area contributed by atoms with E-state index in [4.69, 9.17) is 16.3 Å². The summed E-state index contributed by atoms with van der Waals surface area (Å²) in [7, 11) is 0. The molecule has 2 N–H and O–H groups in total. The van der Waals surface area contributed by atoms with Gasteiger partial charge >= 0.3 is 6.03 Å². The number of amides is 2. The van der Waals surface area contributed by atoms with E-state index < -0.39 is 0 Å². The number of nitrogens with one attached hydrogen (secondary N) is 2. The number of hydrogen-bond donors (Lipinski definition) is 2. The van der Waals surface area contributed by atoms with Crippen molar-refractivity contribution in [3.05, 3.63) is 46.4 Å². The first-order valence-electron chi connectivity index (χ1n) is 6.56. The Kier molecular flexibility index (Phi) is 4.38. The van der Waals surface area contributed by atoms with Crippen LogP contribution in [0.1, 0.15) is 18.1 Å². The normalized spacial score (nSPS) is 21.2. The summed E-state index contributed by atoms with van der Waals surface area (Å²) in [6.07, 6.45) is 2.28. The third-order valence-electron chi connectivity index (χ3n) is 3.26. The molecule has 2 unspecified atom stereocenters. The SMILES string of the molecule is O=C(Nc1nccs1)NC1CCOC1c1ccc(Cl)cc1. The third kappa shape index (κ3) is 3.53. The summed E-state index contributed by atoms with van der Waals surface area (Å²) in [6, 6.07) is 7.17. The number of rotatable bonds is 3. The predicted octanol–water partition coefficient (Wildman–Crippen LogP) is 3.45. The van der Waals surface area contributed by atoms with Crippen LogP contribution in [0.4, 0.5) is 9.93 Å². The molecule has 0 spiro atoms. The molecule has 1 saturated heterocycles. The minimum Gasteiger partial charge on any atom is -0.371 e. The summed E-state index contributed by atoms with van der Waals surface area (Å²) in [4.78, 5) is 16.0. The number of anilines is 1. The van der Waals surface area contributed by atoms with Crippen molar-refractivity contribution in [2.45, 2.75) is 18.6 Å². The zero-order chi connectivity index (χ0) is 14.7. The molecule has 2 atom stereocenters. The molecule has 7 heteroatoms. The van der Waals surface area contributed by atoms with Gasteiger partial charge in [-0.3, -0.25) is 5.32 Å². The van der Waals surface area contributed by atoms with E-state index in [2.05, 4.69) is 15.6 Å². The van der Waals surface area contributed by atoms with E-state index in [0.717, 1.165) is 12.0 Å². The summed E-state index contributed by atoms with van der Waals surface area (Å²) >= 11 is 7.27. The molecule has 2 aromatic rings. The molecule has 1 aliphatic rings. The summed E-state index contributed by atoms with van der Waals surface area (Å²) in [5.74, 6) is 0. The number of carbonyl (C=O) groups is 1. The van der Waals surface area contributed by atoms with Crippen LogP contribution in [0.3, 0.4) is 0 Å². The molecule has 1 aromatic heterocycles. The van der Waals surface area contributed by atoms with Crippen molar-refractivity contribution in [1.29, 1.82) is 0 Å². The maximum absolute atomic E-state index is 12.0. The quantitative estimate of drug-likeness (QED) is 0.909. The highest BCUT2D eigenvalue weighted by Gasteiger charge is 2.31. The molecule has 21 heavy (non-hydrogen) atoms. The lowest BCUT2D eigenvalue weighted by Crippen LogP contribution is -2.39. The van der Waals surface area contributed by atoms with Gasteiger partial charge in [-0.25, -0.2) is 9.78 Å². The topological polar surface area (TPSA) is 63.2 Å². The molecule has 2 amide bonds. The Morgan fingerprint density at radius 1 is 1.38 bits per heavy atom. The molecular formula is C14H14ClN3O2S. The average Bonchev–Trinajstić information content (AvgIpc) is 3.11. The van der Waals surface area contributed by atoms with E-state index in [0.29, 0.717) is 16.8 Å². The van der Waals surface area contributed by atoms with Crippen molar-refractivity contribution in [2.75, 3.05) is 11.9 Å². The maximum atomic E-state index is 12.0. The Balaban J connectivity index is 1.64. The number of carbonyl (C=O) groups excluding carboxylic acids is 1. The van der Waals surface area contributed by atoms with Crippen LogP contribution in [0.25, 0.3) is 0 Å². The van der Waals surface area contributed by atoms with E-state index in [1.165, 1.54) is 11.3 Å². The highest BCUT2D eigenvalue weighted by atomic mass is 35.5. The molecule has 110 valence electrons. The van der Waals surface area contributed by atoms with Crippen LogP contribution < -0.4 is 10.6 Å². The first kappa shape index (κ1) is 14.3. The Labute approximate surface area is 131 Å². The predicted molar refractivity (Wildman–Crippen MR) is 82.8 cm³/mol. The van der Waals surface area contributed by atoms with Crippen molar-refractivity contribution in [1.82, 2.24) is 10.3 Å². The second-order valence-electron chi connectivity index (χ2n) is 4.67. The number of aromatic nitrogens is 1. The van der Waals surface area contributed by atoms with E-state index >= 15 is 0 Å². The zero-order valence-corrected chi connectivity index (χ0v) is 12.7. The monoisotopic (exact) mass is 323 g/mol. The Bertz CT molecular complexity index is 603. The smallest absolute Gasteiger partial charge is 0.321 e. The first-order valence-corrected chi connectivity index (χ1v) is 7.82. The largest absolute Gasteiger partial charge is 0.371 e. The van der Waals surface area contributed by atoms with Crippen molar-refractivity contribution in [2.24, 2.45) is 0 Å². The van der Waals surface area contributed by atoms with Crippen LogP contribution in [0.5, 0.6) is 0 Å². The van der Waals surface area contributed by atoms with Gasteiger partial charge in [-0.2, -0.15) is 0 Å². The van der Waals surface area contributed by atoms with Gasteiger partial charge in [0, 0.05) is 23.2 Å². The summed E-state index contributed by atoms with van der Waals surface area (Å²) < 4.78 is 5.73. The highest BCUT2D eigenvalue weighted by molar-refractivity contribution is 7.13. The fourth-order valence-electron chi connectivity index (χ4n) is 2.31. The molecule has 5 nitrogen and oxygen atoms in total. The molecule has 2 heterocycles. The van der Waals surface area contributed by atoms with Crippen molar-refractivity contribution in [3.8, 4) is 0 Å². The van der Waals surface area contributed by atoms with Crippen LogP contribution >= 0.6 is 22.9 Å². The van der Waals surface area contributed by atoms with E-state index in [1.54, 1.807) is 6.20 Å². The minimum atomic E-state index is -0.264. The Hall–Kier alpha value is -1.63. The second-order valence-corrected chi connectivity index (χ2v) is 6.00. The number of benzene rings is 1. The van der Waals surface area contributed by atoms with E-state index in [1.807, 2.05) is 29.6 Å². The summed E-state index contributed by atoms with van der Waals surface area (Å²) in [6.45, 7) is 0.621. The molecule has 0 bridgehead atoms. The number of halogens is 1.